The lowest BCUT2D eigenvalue weighted by Crippen LogP contribution is -2.63. The molecule has 14 heteroatoms. The second kappa shape index (κ2) is 20.3. The van der Waals surface area contributed by atoms with Crippen molar-refractivity contribution in [1.29, 1.82) is 0 Å². The Kier molecular flexibility index (Phi) is 16.2. The molecule has 3 fully saturated rings. The van der Waals surface area contributed by atoms with Gasteiger partial charge >= 0.3 is 12.1 Å². The molecule has 3 aliphatic heterocycles. The highest BCUT2D eigenvalue weighted by Gasteiger charge is 2.60. The Morgan fingerprint density at radius 2 is 1.75 bits per heavy atom. The number of aromatic nitrogens is 1. The number of aliphatic hydroxyl groups excluding tert-OH is 1. The van der Waals surface area contributed by atoms with Crippen molar-refractivity contribution in [3.63, 3.8) is 0 Å². The summed E-state index contributed by atoms with van der Waals surface area (Å²) in [5.41, 5.74) is 3.19. The van der Waals surface area contributed by atoms with E-state index in [0.29, 0.717) is 32.4 Å². The van der Waals surface area contributed by atoms with Crippen LogP contribution in [0.1, 0.15) is 100.0 Å². The number of Topliss-reactive ketones (excluding diaryl/α,β-unsaturated/α-hetero) is 1. The maximum atomic E-state index is 14.5. The Labute approximate surface area is 357 Å². The smallest absolute Gasteiger partial charge is 0.425 e. The Hall–Kier alpha value is -3.24. The van der Waals surface area contributed by atoms with Crippen LogP contribution in [0.2, 0.25) is 0 Å². The van der Waals surface area contributed by atoms with E-state index in [1.807, 2.05) is 77.2 Å². The molecule has 5 rings (SSSR count). The standard InChI is InChI=1S/C46H73N5O9/c1-13-22-48-37-27(3)26-45(8,56-12)41(59-43-39(53)35(50(10)11)25-28(4)57-43)30(6)38(52)31(7)42(54)58-36(14-2)46(9)40(29(37)5)51(44(55)60-46)49-23-17-18-32-21-24-47-34-20-16-15-19-33(32)34/h15-16,19-21,24,27-31,35-37,39-41,43,48-49,53H,13-14,17-18,22-23,25-26H2,1-12H3/t27-,28-,29+,30+,31-,35+,36-,37?,39-,40-,41-,43+,45+,46-/m1/s1. The number of cyclic esters (lactones) is 1. The number of rotatable bonds is 13. The van der Waals surface area contributed by atoms with Gasteiger partial charge in [-0.25, -0.2) is 15.2 Å². The fourth-order valence-corrected chi connectivity index (χ4v) is 10.3. The molecule has 0 aliphatic carbocycles. The molecule has 0 bridgehead atoms. The number of pyridine rings is 1. The van der Waals surface area contributed by atoms with Crippen molar-refractivity contribution in [3.8, 4) is 0 Å². The van der Waals surface area contributed by atoms with Crippen LogP contribution in [0.5, 0.6) is 0 Å². The third-order valence-corrected chi connectivity index (χ3v) is 13.6. The largest absolute Gasteiger partial charge is 0.458 e. The molecule has 2 aromatic rings. The van der Waals surface area contributed by atoms with Gasteiger partial charge in [-0.3, -0.25) is 14.6 Å². The fraction of sp³-hybridized carbons (Fsp3) is 0.739. The van der Waals surface area contributed by atoms with E-state index in [0.717, 1.165) is 30.2 Å². The number of hydrogen-bond donors (Lipinski definition) is 3. The minimum absolute atomic E-state index is 0.111. The molecular weight excluding hydrogens is 767 g/mol. The van der Waals surface area contributed by atoms with Crippen molar-refractivity contribution >= 4 is 28.7 Å². The Morgan fingerprint density at radius 3 is 2.42 bits per heavy atom. The minimum atomic E-state index is -1.27. The van der Waals surface area contributed by atoms with Gasteiger partial charge in [-0.05, 0) is 116 Å². The van der Waals surface area contributed by atoms with Gasteiger partial charge in [0.05, 0.1) is 29.4 Å². The van der Waals surface area contributed by atoms with Crippen LogP contribution in [0.25, 0.3) is 10.9 Å². The predicted octanol–water partition coefficient (Wildman–Crippen LogP) is 5.68. The predicted molar refractivity (Wildman–Crippen MR) is 230 cm³/mol. The Morgan fingerprint density at radius 1 is 1.03 bits per heavy atom. The molecular formula is C46H73N5O9. The van der Waals surface area contributed by atoms with Gasteiger partial charge in [0, 0.05) is 43.2 Å². The molecule has 0 radical (unpaired) electrons. The van der Waals surface area contributed by atoms with Crippen LogP contribution >= 0.6 is 0 Å². The molecule has 336 valence electrons. The molecule has 1 aromatic heterocycles. The number of nitrogens with one attached hydrogen (secondary N) is 2. The maximum absolute atomic E-state index is 14.5. The van der Waals surface area contributed by atoms with Gasteiger partial charge in [0.25, 0.3) is 0 Å². The second-order valence-electron chi connectivity index (χ2n) is 18.3. The number of methoxy groups -OCH3 is 1. The molecule has 0 saturated carbocycles. The first-order valence-corrected chi connectivity index (χ1v) is 22.2. The fourth-order valence-electron chi connectivity index (χ4n) is 10.3. The number of aryl methyl sites for hydroxylation is 1. The summed E-state index contributed by atoms with van der Waals surface area (Å²) in [4.78, 5) is 49.2. The number of hydrazine groups is 1. The second-order valence-corrected chi connectivity index (χ2v) is 18.3. The van der Waals surface area contributed by atoms with Crippen LogP contribution in [-0.4, -0.2) is 132 Å². The molecule has 1 aromatic carbocycles. The number of amides is 1. The van der Waals surface area contributed by atoms with Gasteiger partial charge in [0.1, 0.15) is 18.1 Å². The van der Waals surface area contributed by atoms with Crippen molar-refractivity contribution in [3.05, 3.63) is 42.1 Å². The average molecular weight is 840 g/mol. The number of carbonyl (C=O) groups excluding carboxylic acids is 3. The third kappa shape index (κ3) is 10.0. The zero-order valence-corrected chi connectivity index (χ0v) is 38.1. The number of benzene rings is 1. The molecule has 4 heterocycles. The van der Waals surface area contributed by atoms with E-state index in [2.05, 4.69) is 42.6 Å². The lowest BCUT2D eigenvalue weighted by molar-refractivity contribution is -0.295. The summed E-state index contributed by atoms with van der Waals surface area (Å²) >= 11 is 0. The number of ketones is 1. The quantitative estimate of drug-likeness (QED) is 0.129. The SMILES string of the molecule is CCCNC1[C@H](C)C[C@](C)(OC)[C@H](O[C@@H]2O[C@H](C)C[C@H](N(C)C)[C@H]2O)[C@@H](C)C(=O)[C@@H](C)C(=O)O[C@H](CC)[C@@]2(C)OC(=O)N(NCCCc3ccnc4ccccc34)[C@@H]2[C@H]1C. The van der Waals surface area contributed by atoms with Crippen LogP contribution in [0.15, 0.2) is 36.5 Å². The number of ether oxygens (including phenoxy) is 5. The number of aliphatic hydroxyl groups is 1. The highest BCUT2D eigenvalue weighted by Crippen LogP contribution is 2.43. The van der Waals surface area contributed by atoms with Gasteiger partial charge < -0.3 is 39.0 Å². The molecule has 3 saturated heterocycles. The summed E-state index contributed by atoms with van der Waals surface area (Å²) in [7, 11) is 5.43. The summed E-state index contributed by atoms with van der Waals surface area (Å²) in [5, 5.41) is 18.1. The van der Waals surface area contributed by atoms with Gasteiger partial charge in [0.15, 0.2) is 17.7 Å². The van der Waals surface area contributed by atoms with E-state index in [4.69, 9.17) is 23.7 Å². The van der Waals surface area contributed by atoms with Gasteiger partial charge in [0.2, 0.25) is 0 Å². The van der Waals surface area contributed by atoms with Crippen molar-refractivity contribution < 1.29 is 43.2 Å². The number of nitrogens with zero attached hydrogens (tertiary/aromatic N) is 3. The first kappa shape index (κ1) is 47.8. The average Bonchev–Trinajstić information content (AvgIpc) is 3.48. The number of para-hydroxylation sites is 1. The van der Waals surface area contributed by atoms with Gasteiger partial charge in [-0.15, -0.1) is 0 Å². The van der Waals surface area contributed by atoms with Crippen LogP contribution in [0.4, 0.5) is 4.79 Å². The number of fused-ring (bicyclic) bond motifs is 2. The van der Waals surface area contributed by atoms with Crippen LogP contribution in [0, 0.1) is 23.7 Å². The first-order chi connectivity index (χ1) is 28.4. The maximum Gasteiger partial charge on any atom is 0.425 e. The Bertz CT molecular complexity index is 1760. The normalized spacial score (nSPS) is 37.2. The summed E-state index contributed by atoms with van der Waals surface area (Å²) in [6.45, 7) is 18.5. The molecule has 14 atom stereocenters. The van der Waals surface area contributed by atoms with E-state index >= 15 is 0 Å². The number of hydrogen-bond acceptors (Lipinski definition) is 13. The van der Waals surface area contributed by atoms with E-state index in [1.165, 1.54) is 5.56 Å². The molecule has 0 spiro atoms. The molecule has 60 heavy (non-hydrogen) atoms. The summed E-state index contributed by atoms with van der Waals surface area (Å²) < 4.78 is 32.0. The Balaban J connectivity index is 1.52. The number of carbonyl (C=O) groups is 3. The highest BCUT2D eigenvalue weighted by atomic mass is 16.7. The van der Waals surface area contributed by atoms with Gasteiger partial charge in [-0.1, -0.05) is 52.8 Å². The summed E-state index contributed by atoms with van der Waals surface area (Å²) in [6.07, 6.45) is 0.961. The molecule has 3 aliphatic rings. The van der Waals surface area contributed by atoms with Crippen molar-refractivity contribution in [2.45, 2.75) is 161 Å². The first-order valence-electron chi connectivity index (χ1n) is 22.2. The van der Waals surface area contributed by atoms with E-state index in [1.54, 1.807) is 26.0 Å². The summed E-state index contributed by atoms with van der Waals surface area (Å²) in [5.74, 6) is -3.51. The lowest BCUT2D eigenvalue weighted by atomic mass is 9.71. The summed E-state index contributed by atoms with van der Waals surface area (Å²) in [6, 6.07) is 9.07. The van der Waals surface area contributed by atoms with Crippen LogP contribution < -0.4 is 10.7 Å². The third-order valence-electron chi connectivity index (χ3n) is 13.6. The zero-order chi connectivity index (χ0) is 44.1. The van der Waals surface area contributed by atoms with E-state index in [9.17, 15) is 19.5 Å². The minimum Gasteiger partial charge on any atom is -0.458 e. The highest BCUT2D eigenvalue weighted by molar-refractivity contribution is 6.00. The molecule has 1 unspecified atom stereocenters. The number of likely N-dealkylation sites (N-methyl/N-ethyl adjacent to an activating group) is 1. The molecule has 1 amide bonds. The zero-order valence-electron chi connectivity index (χ0n) is 38.1. The van der Waals surface area contributed by atoms with Crippen molar-refractivity contribution in [1.82, 2.24) is 25.6 Å². The van der Waals surface area contributed by atoms with Crippen LogP contribution in [-0.2, 0) is 39.7 Å². The van der Waals surface area contributed by atoms with Crippen molar-refractivity contribution in [2.75, 3.05) is 34.3 Å². The molecule has 3 N–H and O–H groups in total. The van der Waals surface area contributed by atoms with Crippen LogP contribution in [0.3, 0.4) is 0 Å². The lowest BCUT2D eigenvalue weighted by Gasteiger charge is -2.48. The monoisotopic (exact) mass is 840 g/mol. The topological polar surface area (TPSA) is 161 Å². The van der Waals surface area contributed by atoms with E-state index < -0.39 is 65.7 Å². The number of esters is 1. The van der Waals surface area contributed by atoms with E-state index in [-0.39, 0.29) is 35.8 Å². The van der Waals surface area contributed by atoms with Crippen molar-refractivity contribution in [2.24, 2.45) is 23.7 Å². The molecule has 14 nitrogen and oxygen atoms in total. The van der Waals surface area contributed by atoms with Gasteiger partial charge in [-0.2, -0.15) is 0 Å².